The molecule has 0 aliphatic heterocycles. The number of para-hydroxylation sites is 3. The first-order chi connectivity index (χ1) is 15.9. The van der Waals surface area contributed by atoms with Gasteiger partial charge in [-0.2, -0.15) is 0 Å². The van der Waals surface area contributed by atoms with Crippen molar-refractivity contribution in [2.75, 3.05) is 0 Å². The van der Waals surface area contributed by atoms with E-state index in [2.05, 4.69) is 102 Å². The number of hydrogen-bond donors (Lipinski definition) is 1. The minimum atomic E-state index is 0.991. The quantitative estimate of drug-likeness (QED) is 0.305. The number of hydrogen-bond acceptors (Lipinski definition) is 1. The van der Waals surface area contributed by atoms with E-state index in [1.165, 1.54) is 49.4 Å². The van der Waals surface area contributed by atoms with E-state index in [0.29, 0.717) is 0 Å². The lowest BCUT2D eigenvalue weighted by Gasteiger charge is -2.08. The second-order valence-corrected chi connectivity index (χ2v) is 8.55. The summed E-state index contributed by atoms with van der Waals surface area (Å²) in [6.45, 7) is 0. The highest BCUT2D eigenvalue weighted by Crippen LogP contribution is 2.39. The number of rotatable bonds is 2. The summed E-state index contributed by atoms with van der Waals surface area (Å²) in [6, 6.07) is 30.4. The van der Waals surface area contributed by atoms with Crippen LogP contribution in [0.1, 0.15) is 17.7 Å². The molecular formula is C30H21NO. The molecule has 2 aromatic heterocycles. The van der Waals surface area contributed by atoms with E-state index < -0.39 is 0 Å². The number of furan rings is 1. The van der Waals surface area contributed by atoms with Crippen molar-refractivity contribution in [3.05, 3.63) is 102 Å². The lowest BCUT2D eigenvalue weighted by Crippen LogP contribution is -1.89. The average Bonchev–Trinajstić information content (AvgIpc) is 3.42. The Hall–Kier alpha value is -4.04. The van der Waals surface area contributed by atoms with Crippen molar-refractivity contribution < 1.29 is 4.42 Å². The molecule has 1 aliphatic rings. The van der Waals surface area contributed by atoms with Gasteiger partial charge in [0.15, 0.2) is 0 Å². The van der Waals surface area contributed by atoms with Gasteiger partial charge in [-0.25, -0.2) is 0 Å². The van der Waals surface area contributed by atoms with Crippen LogP contribution in [-0.4, -0.2) is 4.98 Å². The number of allylic oxidation sites excluding steroid dienone is 1. The second kappa shape index (κ2) is 6.73. The highest BCUT2D eigenvalue weighted by atomic mass is 16.3. The zero-order chi connectivity index (χ0) is 21.1. The van der Waals surface area contributed by atoms with E-state index in [1.807, 2.05) is 0 Å². The van der Waals surface area contributed by atoms with E-state index in [9.17, 15) is 0 Å². The van der Waals surface area contributed by atoms with Crippen LogP contribution < -0.4 is 0 Å². The van der Waals surface area contributed by atoms with Gasteiger partial charge in [0.25, 0.3) is 0 Å². The van der Waals surface area contributed by atoms with Crippen molar-refractivity contribution in [2.45, 2.75) is 12.8 Å². The molecule has 2 heterocycles. The van der Waals surface area contributed by atoms with Crippen LogP contribution in [0.25, 0.3) is 61.1 Å². The summed E-state index contributed by atoms with van der Waals surface area (Å²) < 4.78 is 6.34. The molecule has 0 saturated carbocycles. The fraction of sp³-hybridized carbons (Fsp3) is 0.0667. The normalized spacial score (nSPS) is 13.2. The zero-order valence-corrected chi connectivity index (χ0v) is 17.6. The van der Waals surface area contributed by atoms with Gasteiger partial charge in [0.05, 0.1) is 5.52 Å². The molecular weight excluding hydrogens is 390 g/mol. The Morgan fingerprint density at radius 2 is 1.44 bits per heavy atom. The Balaban J connectivity index is 1.43. The van der Waals surface area contributed by atoms with Gasteiger partial charge in [0.1, 0.15) is 11.3 Å². The summed E-state index contributed by atoms with van der Waals surface area (Å²) in [4.78, 5) is 3.64. The van der Waals surface area contributed by atoms with Crippen LogP contribution in [0.2, 0.25) is 0 Å². The first-order valence-electron chi connectivity index (χ1n) is 11.2. The Bertz CT molecular complexity index is 1680. The molecule has 0 bridgehead atoms. The lowest BCUT2D eigenvalue weighted by atomic mass is 9.95. The molecule has 0 fully saturated rings. The van der Waals surface area contributed by atoms with Crippen LogP contribution >= 0.6 is 0 Å². The van der Waals surface area contributed by atoms with Crippen LogP contribution in [0.5, 0.6) is 0 Å². The van der Waals surface area contributed by atoms with Crippen LogP contribution in [0, 0.1) is 0 Å². The highest BCUT2D eigenvalue weighted by molar-refractivity contribution is 6.12. The predicted molar refractivity (Wildman–Crippen MR) is 134 cm³/mol. The monoisotopic (exact) mass is 411 g/mol. The van der Waals surface area contributed by atoms with Gasteiger partial charge >= 0.3 is 0 Å². The molecule has 32 heavy (non-hydrogen) atoms. The number of benzene rings is 4. The lowest BCUT2D eigenvalue weighted by molar-refractivity contribution is 0.596. The van der Waals surface area contributed by atoms with Crippen molar-refractivity contribution in [3.8, 4) is 22.3 Å². The van der Waals surface area contributed by atoms with Crippen molar-refractivity contribution in [3.63, 3.8) is 0 Å². The van der Waals surface area contributed by atoms with Gasteiger partial charge < -0.3 is 9.40 Å². The van der Waals surface area contributed by atoms with Crippen molar-refractivity contribution in [1.29, 1.82) is 0 Å². The maximum Gasteiger partial charge on any atom is 0.142 e. The SMILES string of the molecule is C1=Cc2oc3c(-c4cccc(-c5cccc6c5[nH]c5ccccc56)c4)cccc3c2CC1. The number of aryl methyl sites for hydroxylation is 1. The molecule has 2 nitrogen and oxygen atoms in total. The molecule has 7 rings (SSSR count). The van der Waals surface area contributed by atoms with Gasteiger partial charge in [0.2, 0.25) is 0 Å². The minimum Gasteiger partial charge on any atom is -0.456 e. The van der Waals surface area contributed by atoms with E-state index >= 15 is 0 Å². The van der Waals surface area contributed by atoms with Crippen LogP contribution in [0.15, 0.2) is 95.4 Å². The molecule has 0 radical (unpaired) electrons. The molecule has 0 amide bonds. The molecule has 0 saturated heterocycles. The Kier molecular flexibility index (Phi) is 3.71. The first-order valence-corrected chi connectivity index (χ1v) is 11.2. The summed E-state index contributed by atoms with van der Waals surface area (Å²) in [5.41, 5.74) is 9.43. The fourth-order valence-electron chi connectivity index (χ4n) is 5.19. The largest absolute Gasteiger partial charge is 0.456 e. The number of aromatic nitrogens is 1. The second-order valence-electron chi connectivity index (χ2n) is 8.55. The van der Waals surface area contributed by atoms with Gasteiger partial charge in [0, 0.05) is 38.4 Å². The number of H-pyrrole nitrogens is 1. The van der Waals surface area contributed by atoms with Crippen LogP contribution in [0.4, 0.5) is 0 Å². The third kappa shape index (κ3) is 2.53. The topological polar surface area (TPSA) is 28.9 Å². The first kappa shape index (κ1) is 17.6. The fourth-order valence-corrected chi connectivity index (χ4v) is 5.19. The smallest absolute Gasteiger partial charge is 0.142 e. The average molecular weight is 412 g/mol. The molecule has 0 unspecified atom stereocenters. The number of fused-ring (bicyclic) bond motifs is 6. The minimum absolute atomic E-state index is 0.991. The highest BCUT2D eigenvalue weighted by Gasteiger charge is 2.18. The summed E-state index contributed by atoms with van der Waals surface area (Å²) in [6.07, 6.45) is 6.45. The van der Waals surface area contributed by atoms with Crippen LogP contribution in [0.3, 0.4) is 0 Å². The Labute approximate surface area is 185 Å². The zero-order valence-electron chi connectivity index (χ0n) is 17.6. The molecule has 2 heteroatoms. The third-order valence-electron chi connectivity index (χ3n) is 6.71. The summed E-state index contributed by atoms with van der Waals surface area (Å²) in [5.74, 6) is 1.01. The maximum atomic E-state index is 6.34. The number of aromatic amines is 1. The molecule has 1 N–H and O–H groups in total. The van der Waals surface area contributed by atoms with Gasteiger partial charge in [-0.3, -0.25) is 0 Å². The summed E-state index contributed by atoms with van der Waals surface area (Å²) >= 11 is 0. The third-order valence-corrected chi connectivity index (χ3v) is 6.71. The Morgan fingerprint density at radius 1 is 0.688 bits per heavy atom. The van der Waals surface area contributed by atoms with Crippen LogP contribution in [-0.2, 0) is 6.42 Å². The Morgan fingerprint density at radius 3 is 2.38 bits per heavy atom. The van der Waals surface area contributed by atoms with Crippen molar-refractivity contribution >= 4 is 38.9 Å². The molecule has 1 aliphatic carbocycles. The van der Waals surface area contributed by atoms with E-state index in [4.69, 9.17) is 4.42 Å². The summed E-state index contributed by atoms with van der Waals surface area (Å²) in [7, 11) is 0. The van der Waals surface area contributed by atoms with Gasteiger partial charge in [-0.15, -0.1) is 0 Å². The molecule has 0 spiro atoms. The predicted octanol–water partition coefficient (Wildman–Crippen LogP) is 8.36. The van der Waals surface area contributed by atoms with Crippen molar-refractivity contribution in [2.24, 2.45) is 0 Å². The molecule has 0 atom stereocenters. The number of nitrogens with one attached hydrogen (secondary N) is 1. The molecule has 6 aromatic rings. The maximum absolute atomic E-state index is 6.34. The van der Waals surface area contributed by atoms with E-state index in [0.717, 1.165) is 29.7 Å². The molecule has 4 aromatic carbocycles. The van der Waals surface area contributed by atoms with Gasteiger partial charge in [-0.1, -0.05) is 78.9 Å². The molecule has 152 valence electrons. The van der Waals surface area contributed by atoms with E-state index in [1.54, 1.807) is 0 Å². The van der Waals surface area contributed by atoms with Gasteiger partial charge in [-0.05, 0) is 42.2 Å². The van der Waals surface area contributed by atoms with E-state index in [-0.39, 0.29) is 0 Å². The summed E-state index contributed by atoms with van der Waals surface area (Å²) in [5, 5.41) is 3.76. The standard InChI is InChI=1S/C30H21NO/c1-3-16-27-23(10-1)25-14-6-12-21(29(25)31-27)19-8-5-9-20(18-19)22-13-7-15-26-24-11-2-4-17-28(24)32-30(22)26/h1,3-10,12-18,31H,2,11H2. The van der Waals surface area contributed by atoms with Crippen molar-refractivity contribution in [1.82, 2.24) is 4.98 Å².